The molecule has 0 aliphatic carbocycles. The molecular weight excluding hydrogens is 456 g/mol. The van der Waals surface area contributed by atoms with Crippen LogP contribution in [0, 0.1) is 0 Å². The number of benzene rings is 3. The molecule has 3 aromatic rings. The number of rotatable bonds is 4. The fourth-order valence-corrected chi connectivity index (χ4v) is 6.00. The maximum absolute atomic E-state index is 13.2. The summed E-state index contributed by atoms with van der Waals surface area (Å²) < 4.78 is 0.565. The number of thiocarbonyl (C=S) groups is 1. The minimum Gasteiger partial charge on any atom is -0.344 e. The molecule has 2 aliphatic heterocycles. The molecule has 0 unspecified atom stereocenters. The van der Waals surface area contributed by atoms with E-state index >= 15 is 0 Å². The summed E-state index contributed by atoms with van der Waals surface area (Å²) in [4.78, 5) is 17.8. The number of carbonyl (C=O) groups excluding carboxylic acids is 1. The van der Waals surface area contributed by atoms with E-state index in [2.05, 4.69) is 74.2 Å². The predicted molar refractivity (Wildman–Crippen MR) is 148 cm³/mol. The van der Waals surface area contributed by atoms with Gasteiger partial charge in [-0.05, 0) is 60.0 Å². The van der Waals surface area contributed by atoms with Gasteiger partial charge in [-0.1, -0.05) is 92.4 Å². The minimum absolute atomic E-state index is 0.0687. The van der Waals surface area contributed by atoms with E-state index in [1.807, 2.05) is 42.5 Å². The molecule has 0 saturated carbocycles. The standard InChI is InChI=1S/C29H26N2OS2/c1-4-30-24-16-15-21(20-11-7-5-8-12-20)19-23(24)29(2,3)26(30)18-17-25-27(32)31(28(33)34-25)22-13-9-6-10-14-22/h5-19H,4H2,1-3H3/b25-17-,26-18+. The van der Waals surface area contributed by atoms with Crippen molar-refractivity contribution in [3.05, 3.63) is 107 Å². The van der Waals surface area contributed by atoms with Crippen LogP contribution in [0.1, 0.15) is 26.3 Å². The van der Waals surface area contributed by atoms with Gasteiger partial charge < -0.3 is 4.90 Å². The summed E-state index contributed by atoms with van der Waals surface area (Å²) in [5.74, 6) is -0.0687. The Bertz CT molecular complexity index is 1330. The number of likely N-dealkylation sites (N-methyl/N-ethyl adjacent to an activating group) is 1. The molecule has 1 amide bonds. The van der Waals surface area contributed by atoms with E-state index in [4.69, 9.17) is 12.2 Å². The van der Waals surface area contributed by atoms with Crippen LogP contribution in [0.4, 0.5) is 11.4 Å². The van der Waals surface area contributed by atoms with Crippen LogP contribution >= 0.6 is 24.0 Å². The van der Waals surface area contributed by atoms with Crippen molar-refractivity contribution in [1.82, 2.24) is 0 Å². The molecule has 170 valence electrons. The Morgan fingerprint density at radius 1 is 0.912 bits per heavy atom. The lowest BCUT2D eigenvalue weighted by molar-refractivity contribution is -0.113. The zero-order valence-electron chi connectivity index (χ0n) is 19.5. The maximum Gasteiger partial charge on any atom is 0.270 e. The second-order valence-corrected chi connectivity index (χ2v) is 10.6. The number of hydrogen-bond donors (Lipinski definition) is 0. The van der Waals surface area contributed by atoms with Crippen molar-refractivity contribution in [1.29, 1.82) is 0 Å². The van der Waals surface area contributed by atoms with Gasteiger partial charge in [-0.15, -0.1) is 0 Å². The summed E-state index contributed by atoms with van der Waals surface area (Å²) in [6.07, 6.45) is 4.04. The third kappa shape index (κ3) is 3.79. The molecule has 3 aromatic carbocycles. The van der Waals surface area contributed by atoms with E-state index in [0.29, 0.717) is 9.23 Å². The molecule has 2 heterocycles. The van der Waals surface area contributed by atoms with Crippen LogP contribution in [0.5, 0.6) is 0 Å². The summed E-state index contributed by atoms with van der Waals surface area (Å²) in [6, 6.07) is 26.8. The number of hydrogen-bond acceptors (Lipinski definition) is 4. The predicted octanol–water partition coefficient (Wildman–Crippen LogP) is 7.30. The number of amides is 1. The van der Waals surface area contributed by atoms with Crippen molar-refractivity contribution < 1.29 is 4.79 Å². The van der Waals surface area contributed by atoms with E-state index in [1.54, 1.807) is 4.90 Å². The molecule has 3 nitrogen and oxygen atoms in total. The Morgan fingerprint density at radius 2 is 1.59 bits per heavy atom. The Labute approximate surface area is 210 Å². The second-order valence-electron chi connectivity index (χ2n) is 8.89. The molecule has 34 heavy (non-hydrogen) atoms. The van der Waals surface area contributed by atoms with Gasteiger partial charge in [-0.2, -0.15) is 0 Å². The maximum atomic E-state index is 13.2. The zero-order chi connectivity index (χ0) is 23.9. The first kappa shape index (κ1) is 22.6. The number of para-hydroxylation sites is 1. The van der Waals surface area contributed by atoms with Crippen LogP contribution in [0.15, 0.2) is 102 Å². The topological polar surface area (TPSA) is 23.6 Å². The summed E-state index contributed by atoms with van der Waals surface area (Å²) >= 11 is 6.89. The van der Waals surface area contributed by atoms with Gasteiger partial charge in [0.15, 0.2) is 4.32 Å². The smallest absolute Gasteiger partial charge is 0.270 e. The minimum atomic E-state index is -0.195. The number of fused-ring (bicyclic) bond motifs is 1. The van der Waals surface area contributed by atoms with Crippen LogP contribution in [-0.4, -0.2) is 16.8 Å². The first-order valence-electron chi connectivity index (χ1n) is 11.4. The molecule has 0 bridgehead atoms. The molecule has 5 heteroatoms. The average molecular weight is 483 g/mol. The highest BCUT2D eigenvalue weighted by Gasteiger charge is 2.40. The van der Waals surface area contributed by atoms with Crippen molar-refractivity contribution in [2.75, 3.05) is 16.3 Å². The van der Waals surface area contributed by atoms with E-state index in [1.165, 1.54) is 39.8 Å². The summed E-state index contributed by atoms with van der Waals surface area (Å²) in [7, 11) is 0. The van der Waals surface area contributed by atoms with Crippen LogP contribution in [0.3, 0.4) is 0 Å². The normalized spacial score (nSPS) is 19.4. The third-order valence-electron chi connectivity index (χ3n) is 6.52. The fourth-order valence-electron chi connectivity index (χ4n) is 4.76. The van der Waals surface area contributed by atoms with Gasteiger partial charge in [-0.25, -0.2) is 0 Å². The third-order valence-corrected chi connectivity index (χ3v) is 7.84. The van der Waals surface area contributed by atoms with Gasteiger partial charge in [-0.3, -0.25) is 9.69 Å². The van der Waals surface area contributed by atoms with Gasteiger partial charge in [0, 0.05) is 23.3 Å². The van der Waals surface area contributed by atoms with Gasteiger partial charge >= 0.3 is 0 Å². The summed E-state index contributed by atoms with van der Waals surface area (Å²) in [6.45, 7) is 7.53. The largest absolute Gasteiger partial charge is 0.344 e. The van der Waals surface area contributed by atoms with E-state index in [9.17, 15) is 4.79 Å². The highest BCUT2D eigenvalue weighted by molar-refractivity contribution is 8.27. The monoisotopic (exact) mass is 482 g/mol. The van der Waals surface area contributed by atoms with Gasteiger partial charge in [0.25, 0.3) is 5.91 Å². The lowest BCUT2D eigenvalue weighted by atomic mass is 9.82. The second kappa shape index (κ2) is 8.90. The SMILES string of the molecule is CCN1/C(=C/C=C2\SC(=S)N(c3ccccc3)C2=O)C(C)(C)c2cc(-c3ccccc3)ccc21. The lowest BCUT2D eigenvalue weighted by Gasteiger charge is -2.25. The lowest BCUT2D eigenvalue weighted by Crippen LogP contribution is -2.27. The van der Waals surface area contributed by atoms with Crippen molar-refractivity contribution >= 4 is 45.6 Å². The molecular formula is C29H26N2OS2. The molecule has 5 rings (SSSR count). The number of allylic oxidation sites excluding steroid dienone is 3. The molecule has 0 radical (unpaired) electrons. The van der Waals surface area contributed by atoms with Gasteiger partial charge in [0.1, 0.15) is 0 Å². The van der Waals surface area contributed by atoms with Crippen molar-refractivity contribution in [2.24, 2.45) is 0 Å². The summed E-state index contributed by atoms with van der Waals surface area (Å²) in [5.41, 5.74) is 6.74. The Morgan fingerprint density at radius 3 is 2.26 bits per heavy atom. The highest BCUT2D eigenvalue weighted by Crippen LogP contribution is 2.49. The number of carbonyl (C=O) groups is 1. The van der Waals surface area contributed by atoms with E-state index in [0.717, 1.165) is 12.2 Å². The number of nitrogens with zero attached hydrogens (tertiary/aromatic N) is 2. The fraction of sp³-hybridized carbons (Fsp3) is 0.172. The number of thioether (sulfide) groups is 1. The molecule has 0 aromatic heterocycles. The molecule has 0 atom stereocenters. The summed E-state index contributed by atoms with van der Waals surface area (Å²) in [5, 5.41) is 0. The molecule has 1 fully saturated rings. The molecule has 1 saturated heterocycles. The molecule has 0 spiro atoms. The van der Waals surface area contributed by atoms with E-state index < -0.39 is 0 Å². The Kier molecular flexibility index (Phi) is 5.92. The van der Waals surface area contributed by atoms with Crippen LogP contribution in [0.25, 0.3) is 11.1 Å². The van der Waals surface area contributed by atoms with Crippen molar-refractivity contribution in [3.63, 3.8) is 0 Å². The highest BCUT2D eigenvalue weighted by atomic mass is 32.2. The Hall–Kier alpha value is -3.15. The van der Waals surface area contributed by atoms with E-state index in [-0.39, 0.29) is 11.3 Å². The molecule has 0 N–H and O–H groups in total. The van der Waals surface area contributed by atoms with Crippen LogP contribution < -0.4 is 9.80 Å². The van der Waals surface area contributed by atoms with Crippen molar-refractivity contribution in [3.8, 4) is 11.1 Å². The van der Waals surface area contributed by atoms with Crippen molar-refractivity contribution in [2.45, 2.75) is 26.2 Å². The first-order valence-corrected chi connectivity index (χ1v) is 12.7. The Balaban J connectivity index is 1.51. The zero-order valence-corrected chi connectivity index (χ0v) is 21.1. The number of anilines is 2. The average Bonchev–Trinajstić information content (AvgIpc) is 3.26. The van der Waals surface area contributed by atoms with Crippen LogP contribution in [-0.2, 0) is 10.2 Å². The van der Waals surface area contributed by atoms with Gasteiger partial charge in [0.05, 0.1) is 10.6 Å². The molecule has 2 aliphatic rings. The van der Waals surface area contributed by atoms with Gasteiger partial charge in [0.2, 0.25) is 0 Å². The first-order chi connectivity index (χ1) is 16.4. The quantitative estimate of drug-likeness (QED) is 0.287. The van der Waals surface area contributed by atoms with Crippen LogP contribution in [0.2, 0.25) is 0 Å².